The Morgan fingerprint density at radius 1 is 1.06 bits per heavy atom. The number of halogens is 3. The summed E-state index contributed by atoms with van der Waals surface area (Å²) in [5.41, 5.74) is 0.723. The highest BCUT2D eigenvalue weighted by Gasteiger charge is 2.24. The van der Waals surface area contributed by atoms with Gasteiger partial charge in [-0.2, -0.15) is 0 Å². The summed E-state index contributed by atoms with van der Waals surface area (Å²) in [7, 11) is 0. The molecule has 0 saturated heterocycles. The Morgan fingerprint density at radius 3 is 2.31 bits per heavy atom. The van der Waals surface area contributed by atoms with Crippen molar-refractivity contribution in [2.45, 2.75) is 12.9 Å². The fourth-order valence-corrected chi connectivity index (χ4v) is 3.66. The first-order valence-corrected chi connectivity index (χ1v) is 7.27. The van der Waals surface area contributed by atoms with Crippen LogP contribution >= 0.6 is 57.9 Å². The minimum absolute atomic E-state index is 0.723. The van der Waals surface area contributed by atoms with Crippen LogP contribution in [0.3, 0.4) is 0 Å². The quantitative estimate of drug-likeness (QED) is 0.639. The molecule has 2 aromatic rings. The van der Waals surface area contributed by atoms with E-state index in [9.17, 15) is 0 Å². The van der Waals surface area contributed by atoms with E-state index in [0.29, 0.717) is 0 Å². The molecule has 0 bridgehead atoms. The van der Waals surface area contributed by atoms with Crippen LogP contribution in [0.1, 0.15) is 5.56 Å². The topological polar surface area (TPSA) is 0 Å². The Kier molecular flexibility index (Phi) is 4.09. The molecule has 16 heavy (non-hydrogen) atoms. The fraction of sp³-hybridized carbons (Fsp3) is 0.0909. The lowest BCUT2D eigenvalue weighted by atomic mass is 10.4. The first-order valence-electron chi connectivity index (χ1n) is 4.44. The zero-order chi connectivity index (χ0) is 11.6. The number of hydrogen-bond acceptors (Lipinski definition) is 2. The molecule has 0 atom stereocenters. The van der Waals surface area contributed by atoms with Crippen molar-refractivity contribution in [3.63, 3.8) is 0 Å². The van der Waals surface area contributed by atoms with Crippen LogP contribution in [0.15, 0.2) is 50.9 Å². The number of benzene rings is 1. The summed E-state index contributed by atoms with van der Waals surface area (Å²) in [6.45, 7) is 0. The maximum absolute atomic E-state index is 5.80. The van der Waals surface area contributed by atoms with Crippen molar-refractivity contribution in [1.29, 1.82) is 0 Å². The molecule has 0 fully saturated rings. The maximum Gasteiger partial charge on any atom is 0.216 e. The number of hydrogen-bond donors (Lipinski definition) is 0. The average molecular weight is 310 g/mol. The molecule has 0 saturated carbocycles. The summed E-state index contributed by atoms with van der Waals surface area (Å²) in [6.07, 6.45) is 0. The lowest BCUT2D eigenvalue weighted by Gasteiger charge is -2.06. The van der Waals surface area contributed by atoms with Gasteiger partial charge in [0, 0.05) is 10.5 Å². The van der Waals surface area contributed by atoms with Crippen LogP contribution in [0.2, 0.25) is 0 Å². The number of rotatable bonds is 2. The van der Waals surface area contributed by atoms with Gasteiger partial charge in [-0.05, 0) is 23.6 Å². The van der Waals surface area contributed by atoms with Crippen LogP contribution < -0.4 is 0 Å². The van der Waals surface area contributed by atoms with E-state index in [1.807, 2.05) is 29.6 Å². The molecule has 0 aliphatic rings. The monoisotopic (exact) mass is 308 g/mol. The molecule has 0 spiro atoms. The average Bonchev–Trinajstić information content (AvgIpc) is 2.67. The normalized spacial score (nSPS) is 11.7. The van der Waals surface area contributed by atoms with Gasteiger partial charge in [-0.25, -0.2) is 0 Å². The summed E-state index contributed by atoms with van der Waals surface area (Å²) < 4.78 is -0.209. The molecule has 0 nitrogen and oxygen atoms in total. The third-order valence-electron chi connectivity index (χ3n) is 1.86. The Bertz CT molecular complexity index is 460. The molecule has 0 N–H and O–H groups in total. The van der Waals surface area contributed by atoms with Crippen LogP contribution in [0.4, 0.5) is 0 Å². The van der Waals surface area contributed by atoms with E-state index in [0.717, 1.165) is 9.77 Å². The molecule has 1 heterocycles. The summed E-state index contributed by atoms with van der Waals surface area (Å²) in [4.78, 5) is 1.18. The zero-order valence-corrected chi connectivity index (χ0v) is 11.9. The first kappa shape index (κ1) is 12.6. The predicted molar refractivity (Wildman–Crippen MR) is 74.1 cm³/mol. The van der Waals surface area contributed by atoms with Crippen molar-refractivity contribution in [2.24, 2.45) is 0 Å². The van der Waals surface area contributed by atoms with E-state index in [1.54, 1.807) is 23.1 Å². The van der Waals surface area contributed by atoms with Gasteiger partial charge in [0.15, 0.2) is 0 Å². The standard InChI is InChI=1S/C11H7Cl3S2/c12-11(13,14)8-6-10(15-7-8)16-9-4-2-1-3-5-9/h1-7H. The van der Waals surface area contributed by atoms with Crippen LogP contribution in [-0.2, 0) is 3.79 Å². The highest BCUT2D eigenvalue weighted by molar-refractivity contribution is 8.01. The maximum atomic E-state index is 5.80. The van der Waals surface area contributed by atoms with E-state index in [4.69, 9.17) is 34.8 Å². The Morgan fingerprint density at radius 2 is 1.75 bits per heavy atom. The van der Waals surface area contributed by atoms with Gasteiger partial charge in [0.25, 0.3) is 0 Å². The minimum Gasteiger partial charge on any atom is -0.137 e. The molecule has 0 radical (unpaired) electrons. The molecular weight excluding hydrogens is 303 g/mol. The molecule has 0 aliphatic heterocycles. The smallest absolute Gasteiger partial charge is 0.137 e. The van der Waals surface area contributed by atoms with Gasteiger partial charge >= 0.3 is 0 Å². The lowest BCUT2D eigenvalue weighted by molar-refractivity contribution is 1.26. The van der Waals surface area contributed by atoms with Gasteiger partial charge in [-0.15, -0.1) is 11.3 Å². The van der Waals surface area contributed by atoms with Gasteiger partial charge < -0.3 is 0 Å². The third kappa shape index (κ3) is 3.31. The summed E-state index contributed by atoms with van der Waals surface area (Å²) in [6, 6.07) is 12.0. The van der Waals surface area contributed by atoms with Crippen molar-refractivity contribution < 1.29 is 0 Å². The second-order valence-electron chi connectivity index (χ2n) is 3.07. The van der Waals surface area contributed by atoms with Crippen LogP contribution in [-0.4, -0.2) is 0 Å². The van der Waals surface area contributed by atoms with Crippen molar-refractivity contribution >= 4 is 57.9 Å². The number of alkyl halides is 3. The Balaban J connectivity index is 2.15. The molecule has 1 aromatic heterocycles. The van der Waals surface area contributed by atoms with E-state index in [-0.39, 0.29) is 0 Å². The third-order valence-corrected chi connectivity index (χ3v) is 4.61. The molecule has 5 heteroatoms. The van der Waals surface area contributed by atoms with Gasteiger partial charge in [-0.1, -0.05) is 64.8 Å². The summed E-state index contributed by atoms with van der Waals surface area (Å²) in [5, 5.41) is 1.87. The fourth-order valence-electron chi connectivity index (χ4n) is 1.12. The van der Waals surface area contributed by atoms with E-state index < -0.39 is 3.79 Å². The molecule has 0 unspecified atom stereocenters. The summed E-state index contributed by atoms with van der Waals surface area (Å²) >= 11 is 20.7. The molecule has 0 amide bonds. The van der Waals surface area contributed by atoms with E-state index in [1.165, 1.54) is 4.90 Å². The molecule has 1 aromatic carbocycles. The zero-order valence-electron chi connectivity index (χ0n) is 7.99. The van der Waals surface area contributed by atoms with E-state index in [2.05, 4.69) is 12.1 Å². The SMILES string of the molecule is ClC(Cl)(Cl)c1csc(Sc2ccccc2)c1. The van der Waals surface area contributed by atoms with Gasteiger partial charge in [0.05, 0.1) is 4.21 Å². The largest absolute Gasteiger partial charge is 0.216 e. The highest BCUT2D eigenvalue weighted by atomic mass is 35.6. The lowest BCUT2D eigenvalue weighted by Crippen LogP contribution is -1.96. The Labute approximate surface area is 118 Å². The van der Waals surface area contributed by atoms with Crippen LogP contribution in [0.25, 0.3) is 0 Å². The van der Waals surface area contributed by atoms with Crippen molar-refractivity contribution in [3.8, 4) is 0 Å². The van der Waals surface area contributed by atoms with Gasteiger partial charge in [0.1, 0.15) is 0 Å². The molecule has 0 aliphatic carbocycles. The molecule has 2 rings (SSSR count). The molecule has 84 valence electrons. The van der Waals surface area contributed by atoms with Crippen molar-refractivity contribution in [1.82, 2.24) is 0 Å². The summed E-state index contributed by atoms with van der Waals surface area (Å²) in [5.74, 6) is 0. The van der Waals surface area contributed by atoms with Crippen molar-refractivity contribution in [3.05, 3.63) is 47.3 Å². The number of thiophene rings is 1. The second kappa shape index (κ2) is 5.19. The Hall–Kier alpha value is 0.140. The van der Waals surface area contributed by atoms with Gasteiger partial charge in [-0.3, -0.25) is 0 Å². The van der Waals surface area contributed by atoms with E-state index >= 15 is 0 Å². The van der Waals surface area contributed by atoms with Crippen LogP contribution in [0.5, 0.6) is 0 Å². The van der Waals surface area contributed by atoms with Crippen LogP contribution in [0, 0.1) is 0 Å². The first-order chi connectivity index (χ1) is 7.55. The second-order valence-corrected chi connectivity index (χ2v) is 7.63. The molecular formula is C11H7Cl3S2. The highest BCUT2D eigenvalue weighted by Crippen LogP contribution is 2.43. The van der Waals surface area contributed by atoms with Gasteiger partial charge in [0.2, 0.25) is 3.79 Å². The van der Waals surface area contributed by atoms with Crippen molar-refractivity contribution in [2.75, 3.05) is 0 Å². The minimum atomic E-state index is -1.33. The predicted octanol–water partition coefficient (Wildman–Crippen LogP) is 5.73.